The van der Waals surface area contributed by atoms with E-state index in [1.807, 2.05) is 18.2 Å². The van der Waals surface area contributed by atoms with Gasteiger partial charge in [0.05, 0.1) is 13.2 Å². The first-order chi connectivity index (χ1) is 12.7. The lowest BCUT2D eigenvalue weighted by Crippen LogP contribution is -2.31. The van der Waals surface area contributed by atoms with Gasteiger partial charge in [0, 0.05) is 12.1 Å². The van der Waals surface area contributed by atoms with Crippen molar-refractivity contribution in [2.45, 2.75) is 58.5 Å². The predicted molar refractivity (Wildman–Crippen MR) is 111 cm³/mol. The van der Waals surface area contributed by atoms with Crippen molar-refractivity contribution in [3.05, 3.63) is 42.0 Å². The topological polar surface area (TPSA) is 32.7 Å². The van der Waals surface area contributed by atoms with E-state index in [0.717, 1.165) is 35.2 Å². The van der Waals surface area contributed by atoms with E-state index in [4.69, 9.17) is 4.74 Å². The zero-order chi connectivity index (χ0) is 18.8. The average Bonchev–Trinajstić information content (AvgIpc) is 2.67. The third kappa shape index (κ3) is 5.72. The number of ether oxygens (including phenoxy) is 1. The van der Waals surface area contributed by atoms with E-state index in [-0.39, 0.29) is 0 Å². The number of aliphatic hydroxyl groups is 1. The zero-order valence-corrected chi connectivity index (χ0v) is 16.7. The van der Waals surface area contributed by atoms with E-state index in [0.29, 0.717) is 6.54 Å². The van der Waals surface area contributed by atoms with Gasteiger partial charge in [0.1, 0.15) is 5.75 Å². The lowest BCUT2D eigenvalue weighted by Gasteiger charge is -2.26. The van der Waals surface area contributed by atoms with Crippen molar-refractivity contribution >= 4 is 10.8 Å². The molecule has 0 aliphatic carbocycles. The number of rotatable bonds is 12. The number of benzene rings is 2. The van der Waals surface area contributed by atoms with Gasteiger partial charge in [-0.1, -0.05) is 69.9 Å². The highest BCUT2D eigenvalue weighted by Crippen LogP contribution is 2.33. The summed E-state index contributed by atoms with van der Waals surface area (Å²) in [5.41, 5.74) is 0.918. The van der Waals surface area contributed by atoms with E-state index in [1.54, 1.807) is 7.11 Å². The molecule has 0 bridgehead atoms. The first kappa shape index (κ1) is 20.7. The van der Waals surface area contributed by atoms with Crippen LogP contribution in [0.1, 0.15) is 64.0 Å². The first-order valence-electron chi connectivity index (χ1n) is 10.2. The Hall–Kier alpha value is -1.58. The van der Waals surface area contributed by atoms with E-state index >= 15 is 0 Å². The van der Waals surface area contributed by atoms with Gasteiger partial charge in [-0.2, -0.15) is 0 Å². The molecule has 0 aliphatic heterocycles. The molecular formula is C23H35NO2. The van der Waals surface area contributed by atoms with E-state index in [1.165, 1.54) is 38.5 Å². The summed E-state index contributed by atoms with van der Waals surface area (Å²) in [5, 5.41) is 13.3. The van der Waals surface area contributed by atoms with Crippen molar-refractivity contribution in [1.82, 2.24) is 4.90 Å². The van der Waals surface area contributed by atoms with Gasteiger partial charge in [0.2, 0.25) is 0 Å². The fraction of sp³-hybridized carbons (Fsp3) is 0.565. The molecule has 1 atom stereocenters. The summed E-state index contributed by atoms with van der Waals surface area (Å²) in [7, 11) is 1.68. The van der Waals surface area contributed by atoms with Gasteiger partial charge in [-0.3, -0.25) is 0 Å². The Labute approximate surface area is 159 Å². The molecule has 144 valence electrons. The molecule has 0 aliphatic rings. The standard InChI is InChI=1S/C23H35NO2/c1-4-6-10-16-24(17-11-7-5-2)18-21(25)23-20-13-9-8-12-19(20)14-15-22(23)26-3/h8-9,12-15,21,25H,4-7,10-11,16-18H2,1-3H3. The first-order valence-corrected chi connectivity index (χ1v) is 10.2. The maximum absolute atomic E-state index is 11.1. The van der Waals surface area contributed by atoms with Gasteiger partial charge in [-0.05, 0) is 42.8 Å². The summed E-state index contributed by atoms with van der Waals surface area (Å²) >= 11 is 0. The summed E-state index contributed by atoms with van der Waals surface area (Å²) < 4.78 is 5.57. The van der Waals surface area contributed by atoms with Crippen LogP contribution >= 0.6 is 0 Å². The van der Waals surface area contributed by atoms with Crippen LogP contribution in [0.25, 0.3) is 10.8 Å². The van der Waals surface area contributed by atoms with Gasteiger partial charge in [0.25, 0.3) is 0 Å². The second-order valence-electron chi connectivity index (χ2n) is 7.13. The van der Waals surface area contributed by atoms with Crippen molar-refractivity contribution in [2.75, 3.05) is 26.7 Å². The quantitative estimate of drug-likeness (QED) is 0.504. The number of hydrogen-bond donors (Lipinski definition) is 1. The molecule has 1 N–H and O–H groups in total. The van der Waals surface area contributed by atoms with Gasteiger partial charge in [0.15, 0.2) is 0 Å². The number of aliphatic hydroxyl groups excluding tert-OH is 1. The van der Waals surface area contributed by atoms with Gasteiger partial charge < -0.3 is 14.7 Å². The average molecular weight is 358 g/mol. The minimum Gasteiger partial charge on any atom is -0.496 e. The summed E-state index contributed by atoms with van der Waals surface area (Å²) in [4.78, 5) is 2.43. The summed E-state index contributed by atoms with van der Waals surface area (Å²) in [6.07, 6.45) is 6.80. The number of nitrogens with zero attached hydrogens (tertiary/aromatic N) is 1. The second-order valence-corrected chi connectivity index (χ2v) is 7.13. The highest BCUT2D eigenvalue weighted by atomic mass is 16.5. The third-order valence-electron chi connectivity index (χ3n) is 5.07. The molecule has 2 rings (SSSR count). The fourth-order valence-electron chi connectivity index (χ4n) is 3.60. The van der Waals surface area contributed by atoms with Crippen LogP contribution in [0.3, 0.4) is 0 Å². The Bertz CT molecular complexity index is 646. The van der Waals surface area contributed by atoms with Crippen molar-refractivity contribution in [2.24, 2.45) is 0 Å². The van der Waals surface area contributed by atoms with Crippen molar-refractivity contribution in [3.8, 4) is 5.75 Å². The van der Waals surface area contributed by atoms with Crippen molar-refractivity contribution in [3.63, 3.8) is 0 Å². The Morgan fingerprint density at radius 3 is 2.19 bits per heavy atom. The van der Waals surface area contributed by atoms with Crippen LogP contribution < -0.4 is 4.74 Å². The minimum absolute atomic E-state index is 0.542. The summed E-state index contributed by atoms with van der Waals surface area (Å²) in [6, 6.07) is 12.3. The molecule has 26 heavy (non-hydrogen) atoms. The van der Waals surface area contributed by atoms with Gasteiger partial charge >= 0.3 is 0 Å². The monoisotopic (exact) mass is 357 g/mol. The fourth-order valence-corrected chi connectivity index (χ4v) is 3.60. The van der Waals surface area contributed by atoms with Crippen LogP contribution in [0.2, 0.25) is 0 Å². The Kier molecular flexibility index (Phi) is 8.93. The lowest BCUT2D eigenvalue weighted by atomic mass is 9.98. The maximum Gasteiger partial charge on any atom is 0.125 e. The molecule has 2 aromatic carbocycles. The van der Waals surface area contributed by atoms with Crippen molar-refractivity contribution < 1.29 is 9.84 Å². The SMILES string of the molecule is CCCCCN(CCCCC)CC(O)c1c(OC)ccc2ccccc12. The van der Waals surface area contributed by atoms with Gasteiger partial charge in [-0.25, -0.2) is 0 Å². The van der Waals surface area contributed by atoms with Crippen LogP contribution in [0.5, 0.6) is 5.75 Å². The minimum atomic E-state index is -0.542. The Morgan fingerprint density at radius 1 is 0.923 bits per heavy atom. The van der Waals surface area contributed by atoms with Gasteiger partial charge in [-0.15, -0.1) is 0 Å². The van der Waals surface area contributed by atoms with Crippen LogP contribution in [-0.4, -0.2) is 36.8 Å². The molecule has 0 saturated heterocycles. The highest BCUT2D eigenvalue weighted by molar-refractivity contribution is 5.88. The maximum atomic E-state index is 11.1. The molecule has 1 unspecified atom stereocenters. The third-order valence-corrected chi connectivity index (χ3v) is 5.07. The molecule has 0 saturated carbocycles. The second kappa shape index (κ2) is 11.2. The summed E-state index contributed by atoms with van der Waals surface area (Å²) in [5.74, 6) is 0.776. The molecular weight excluding hydrogens is 322 g/mol. The number of methoxy groups -OCH3 is 1. The van der Waals surface area contributed by atoms with E-state index in [9.17, 15) is 5.11 Å². The molecule has 2 aromatic rings. The Morgan fingerprint density at radius 2 is 1.58 bits per heavy atom. The van der Waals surface area contributed by atoms with E-state index in [2.05, 4.69) is 36.9 Å². The smallest absolute Gasteiger partial charge is 0.125 e. The van der Waals surface area contributed by atoms with Crippen LogP contribution in [0.4, 0.5) is 0 Å². The van der Waals surface area contributed by atoms with Crippen molar-refractivity contribution in [1.29, 1.82) is 0 Å². The molecule has 3 heteroatoms. The largest absolute Gasteiger partial charge is 0.496 e. The number of hydrogen-bond acceptors (Lipinski definition) is 3. The van der Waals surface area contributed by atoms with Crippen LogP contribution in [-0.2, 0) is 0 Å². The molecule has 0 fully saturated rings. The molecule has 0 heterocycles. The Balaban J connectivity index is 2.18. The summed E-state index contributed by atoms with van der Waals surface area (Å²) in [6.45, 7) is 7.25. The van der Waals surface area contributed by atoms with Crippen LogP contribution in [0.15, 0.2) is 36.4 Å². The van der Waals surface area contributed by atoms with Crippen LogP contribution in [0, 0.1) is 0 Å². The van der Waals surface area contributed by atoms with E-state index < -0.39 is 6.10 Å². The molecule has 0 radical (unpaired) electrons. The molecule has 3 nitrogen and oxygen atoms in total. The lowest BCUT2D eigenvalue weighted by molar-refractivity contribution is 0.109. The number of unbranched alkanes of at least 4 members (excludes halogenated alkanes) is 4. The highest BCUT2D eigenvalue weighted by Gasteiger charge is 2.19. The molecule has 0 amide bonds. The molecule has 0 spiro atoms. The molecule has 0 aromatic heterocycles. The number of fused-ring (bicyclic) bond motifs is 1. The normalized spacial score (nSPS) is 12.7. The predicted octanol–water partition coefficient (Wildman–Crippen LogP) is 5.56. The zero-order valence-electron chi connectivity index (χ0n) is 16.7.